The third-order valence-electron chi connectivity index (χ3n) is 4.37. The summed E-state index contributed by atoms with van der Waals surface area (Å²) in [5, 5.41) is 18.3. The van der Waals surface area contributed by atoms with Crippen molar-refractivity contribution >= 4 is 5.91 Å². The lowest BCUT2D eigenvalue weighted by molar-refractivity contribution is -0.131. The highest BCUT2D eigenvalue weighted by Gasteiger charge is 2.38. The number of methoxy groups -OCH3 is 1. The molecule has 128 valence electrons. The molecule has 0 spiro atoms. The van der Waals surface area contributed by atoms with E-state index in [4.69, 9.17) is 4.74 Å². The Labute approximate surface area is 140 Å². The first-order chi connectivity index (χ1) is 11.6. The highest BCUT2D eigenvalue weighted by atomic mass is 16.5. The molecule has 7 heteroatoms. The van der Waals surface area contributed by atoms with Crippen molar-refractivity contribution in [3.8, 4) is 5.75 Å². The van der Waals surface area contributed by atoms with Crippen molar-refractivity contribution in [2.24, 2.45) is 0 Å². The predicted molar refractivity (Wildman–Crippen MR) is 87.5 cm³/mol. The van der Waals surface area contributed by atoms with E-state index in [1.54, 1.807) is 29.1 Å². The zero-order valence-corrected chi connectivity index (χ0v) is 13.8. The number of benzene rings is 1. The van der Waals surface area contributed by atoms with Crippen LogP contribution in [-0.2, 0) is 17.8 Å². The number of carbonyl (C=O) groups excluding carboxylic acids is 1. The standard InChI is InChI=1S/C17H22N4O3/c1-24-15-4-2-3-14(11-15)5-6-16(22)20-9-7-17(23,12-20)13-21-10-8-18-19-21/h2-4,8,10-11,23H,5-7,9,12-13H2,1H3. The summed E-state index contributed by atoms with van der Waals surface area (Å²) in [6, 6.07) is 7.74. The molecule has 1 N–H and O–H groups in total. The number of hydrogen-bond acceptors (Lipinski definition) is 5. The molecule has 1 aliphatic heterocycles. The van der Waals surface area contributed by atoms with Crippen LogP contribution in [0.25, 0.3) is 0 Å². The van der Waals surface area contributed by atoms with Crippen molar-refractivity contribution in [3.63, 3.8) is 0 Å². The van der Waals surface area contributed by atoms with Gasteiger partial charge < -0.3 is 14.7 Å². The van der Waals surface area contributed by atoms with E-state index < -0.39 is 5.60 Å². The molecular formula is C17H22N4O3. The Hall–Kier alpha value is -2.41. The molecule has 7 nitrogen and oxygen atoms in total. The summed E-state index contributed by atoms with van der Waals surface area (Å²) in [7, 11) is 1.63. The summed E-state index contributed by atoms with van der Waals surface area (Å²) >= 11 is 0. The molecule has 1 saturated heterocycles. The number of rotatable bonds is 6. The van der Waals surface area contributed by atoms with Gasteiger partial charge in [-0.05, 0) is 30.5 Å². The Balaban J connectivity index is 1.52. The van der Waals surface area contributed by atoms with Gasteiger partial charge in [0.15, 0.2) is 0 Å². The van der Waals surface area contributed by atoms with Gasteiger partial charge in [-0.15, -0.1) is 5.10 Å². The van der Waals surface area contributed by atoms with Gasteiger partial charge in [0, 0.05) is 19.2 Å². The number of hydrogen-bond donors (Lipinski definition) is 1. The molecule has 0 radical (unpaired) electrons. The normalized spacial score (nSPS) is 20.3. The Morgan fingerprint density at radius 3 is 3.08 bits per heavy atom. The summed E-state index contributed by atoms with van der Waals surface area (Å²) in [4.78, 5) is 14.1. The Bertz CT molecular complexity index is 689. The molecule has 0 aliphatic carbocycles. The molecule has 1 unspecified atom stereocenters. The first kappa shape index (κ1) is 16.4. The van der Waals surface area contributed by atoms with Gasteiger partial charge in [0.2, 0.25) is 5.91 Å². The minimum atomic E-state index is -0.931. The zero-order valence-electron chi connectivity index (χ0n) is 13.8. The molecule has 1 aromatic heterocycles. The fourth-order valence-corrected chi connectivity index (χ4v) is 3.05. The molecule has 24 heavy (non-hydrogen) atoms. The monoisotopic (exact) mass is 330 g/mol. The van der Waals surface area contributed by atoms with Crippen LogP contribution in [-0.4, -0.2) is 56.7 Å². The van der Waals surface area contributed by atoms with Crippen LogP contribution in [0.3, 0.4) is 0 Å². The maximum Gasteiger partial charge on any atom is 0.223 e. The smallest absolute Gasteiger partial charge is 0.223 e. The Kier molecular flexibility index (Phi) is 4.80. The average Bonchev–Trinajstić information content (AvgIpc) is 3.23. The fraction of sp³-hybridized carbons (Fsp3) is 0.471. The first-order valence-corrected chi connectivity index (χ1v) is 8.05. The highest BCUT2D eigenvalue weighted by molar-refractivity contribution is 5.77. The third kappa shape index (κ3) is 3.91. The van der Waals surface area contributed by atoms with Crippen LogP contribution in [0.1, 0.15) is 18.4 Å². The molecule has 1 amide bonds. The summed E-state index contributed by atoms with van der Waals surface area (Å²) in [5.74, 6) is 0.857. The van der Waals surface area contributed by atoms with Crippen LogP contribution in [0.2, 0.25) is 0 Å². The van der Waals surface area contributed by atoms with E-state index in [0.717, 1.165) is 11.3 Å². The second-order valence-electron chi connectivity index (χ2n) is 6.24. The molecule has 0 saturated carbocycles. The fourth-order valence-electron chi connectivity index (χ4n) is 3.05. The van der Waals surface area contributed by atoms with Crippen molar-refractivity contribution in [2.75, 3.05) is 20.2 Å². The number of β-amino-alcohol motifs (C(OH)–C–C–N with tert-alkyl or cyclic N) is 1. The molecule has 2 heterocycles. The summed E-state index contributed by atoms with van der Waals surface area (Å²) in [5.41, 5.74) is 0.138. The van der Waals surface area contributed by atoms with E-state index in [1.165, 1.54) is 0 Å². The van der Waals surface area contributed by atoms with Gasteiger partial charge in [-0.3, -0.25) is 4.79 Å². The molecular weight excluding hydrogens is 308 g/mol. The summed E-state index contributed by atoms with van der Waals surface area (Å²) in [6.45, 7) is 1.26. The lowest BCUT2D eigenvalue weighted by atomic mass is 10.0. The van der Waals surface area contributed by atoms with E-state index in [9.17, 15) is 9.90 Å². The van der Waals surface area contributed by atoms with Crippen molar-refractivity contribution in [3.05, 3.63) is 42.2 Å². The number of carbonyl (C=O) groups is 1. The summed E-state index contributed by atoms with van der Waals surface area (Å²) in [6.07, 6.45) is 4.93. The molecule has 1 aromatic carbocycles. The second kappa shape index (κ2) is 7.00. The van der Waals surface area contributed by atoms with Crippen LogP contribution in [0.4, 0.5) is 0 Å². The van der Waals surface area contributed by atoms with E-state index in [-0.39, 0.29) is 5.91 Å². The van der Waals surface area contributed by atoms with E-state index >= 15 is 0 Å². The SMILES string of the molecule is COc1cccc(CCC(=O)N2CCC(O)(Cn3ccnn3)C2)c1. The molecule has 1 fully saturated rings. The molecule has 1 aliphatic rings. The molecule has 0 bridgehead atoms. The van der Waals surface area contributed by atoms with Crippen LogP contribution in [0.15, 0.2) is 36.7 Å². The average molecular weight is 330 g/mol. The van der Waals surface area contributed by atoms with Gasteiger partial charge in [0.05, 0.1) is 26.4 Å². The lowest BCUT2D eigenvalue weighted by Crippen LogP contribution is -2.39. The van der Waals surface area contributed by atoms with Crippen LogP contribution in [0, 0.1) is 0 Å². The molecule has 3 rings (SSSR count). The second-order valence-corrected chi connectivity index (χ2v) is 6.24. The number of amides is 1. The number of nitrogens with zero attached hydrogens (tertiary/aromatic N) is 4. The van der Waals surface area contributed by atoms with Gasteiger partial charge in [-0.1, -0.05) is 17.3 Å². The third-order valence-corrected chi connectivity index (χ3v) is 4.37. The largest absolute Gasteiger partial charge is 0.497 e. The first-order valence-electron chi connectivity index (χ1n) is 8.05. The van der Waals surface area contributed by atoms with Gasteiger partial charge >= 0.3 is 0 Å². The van der Waals surface area contributed by atoms with Gasteiger partial charge in [-0.25, -0.2) is 4.68 Å². The van der Waals surface area contributed by atoms with Crippen molar-refractivity contribution in [1.29, 1.82) is 0 Å². The predicted octanol–water partition coefficient (Wildman–Crippen LogP) is 0.883. The van der Waals surface area contributed by atoms with Crippen molar-refractivity contribution in [2.45, 2.75) is 31.4 Å². The van der Waals surface area contributed by atoms with E-state index in [1.807, 2.05) is 24.3 Å². The Morgan fingerprint density at radius 1 is 1.46 bits per heavy atom. The lowest BCUT2D eigenvalue weighted by Gasteiger charge is -2.23. The molecule has 1 atom stereocenters. The van der Waals surface area contributed by atoms with Crippen molar-refractivity contribution in [1.82, 2.24) is 19.9 Å². The minimum Gasteiger partial charge on any atom is -0.497 e. The van der Waals surface area contributed by atoms with Gasteiger partial charge in [0.1, 0.15) is 11.4 Å². The number of aryl methyl sites for hydroxylation is 1. The van der Waals surface area contributed by atoms with Crippen LogP contribution >= 0.6 is 0 Å². The number of ether oxygens (including phenoxy) is 1. The number of aliphatic hydroxyl groups is 1. The number of likely N-dealkylation sites (tertiary alicyclic amines) is 1. The van der Waals surface area contributed by atoms with Gasteiger partial charge in [0.25, 0.3) is 0 Å². The highest BCUT2D eigenvalue weighted by Crippen LogP contribution is 2.24. The van der Waals surface area contributed by atoms with E-state index in [2.05, 4.69) is 10.3 Å². The van der Waals surface area contributed by atoms with Gasteiger partial charge in [-0.2, -0.15) is 0 Å². The van der Waals surface area contributed by atoms with E-state index in [0.29, 0.717) is 38.9 Å². The zero-order chi connectivity index (χ0) is 17.0. The Morgan fingerprint density at radius 2 is 2.33 bits per heavy atom. The van der Waals surface area contributed by atoms with Crippen LogP contribution < -0.4 is 4.74 Å². The summed E-state index contributed by atoms with van der Waals surface area (Å²) < 4.78 is 6.80. The molecule has 2 aromatic rings. The topological polar surface area (TPSA) is 80.5 Å². The number of aromatic nitrogens is 3. The minimum absolute atomic E-state index is 0.0623. The van der Waals surface area contributed by atoms with Crippen molar-refractivity contribution < 1.29 is 14.6 Å². The van der Waals surface area contributed by atoms with Crippen LogP contribution in [0.5, 0.6) is 5.75 Å². The quantitative estimate of drug-likeness (QED) is 0.850. The maximum atomic E-state index is 12.4. The maximum absolute atomic E-state index is 12.4.